The quantitative estimate of drug-likeness (QED) is 0.732. The van der Waals surface area contributed by atoms with Crippen LogP contribution in [0.5, 0.6) is 5.75 Å². The van der Waals surface area contributed by atoms with Crippen molar-refractivity contribution in [3.05, 3.63) is 45.4 Å². The Morgan fingerprint density at radius 1 is 1.32 bits per heavy atom. The lowest BCUT2D eigenvalue weighted by molar-refractivity contribution is 0.0806. The molecule has 2 heterocycles. The zero-order valence-corrected chi connectivity index (χ0v) is 16.9. The van der Waals surface area contributed by atoms with Gasteiger partial charge in [0, 0.05) is 24.3 Å². The highest BCUT2D eigenvalue weighted by atomic mass is 35.5. The van der Waals surface area contributed by atoms with E-state index in [1.807, 2.05) is 0 Å². The maximum absolute atomic E-state index is 12.1. The molecule has 0 bridgehead atoms. The second kappa shape index (κ2) is 9.75. The summed E-state index contributed by atoms with van der Waals surface area (Å²) < 4.78 is 11.1. The predicted octanol–water partition coefficient (Wildman–Crippen LogP) is 3.71. The highest BCUT2D eigenvalue weighted by molar-refractivity contribution is 7.09. The summed E-state index contributed by atoms with van der Waals surface area (Å²) in [5.74, 6) is 0.332. The third-order valence-corrected chi connectivity index (χ3v) is 5.67. The van der Waals surface area contributed by atoms with Crippen LogP contribution in [0.15, 0.2) is 29.9 Å². The molecule has 1 aliphatic rings. The van der Waals surface area contributed by atoms with Crippen molar-refractivity contribution in [3.8, 4) is 5.75 Å². The van der Waals surface area contributed by atoms with E-state index >= 15 is 0 Å². The number of primary amides is 1. The van der Waals surface area contributed by atoms with Crippen molar-refractivity contribution >= 4 is 34.9 Å². The minimum absolute atomic E-state index is 0.264. The number of likely N-dealkylation sites (tertiary alicyclic amines) is 1. The molecule has 0 unspecified atom stereocenters. The second-order valence-corrected chi connectivity index (χ2v) is 8.00. The summed E-state index contributed by atoms with van der Waals surface area (Å²) in [6, 6.07) is 4.83. The summed E-state index contributed by atoms with van der Waals surface area (Å²) in [7, 11) is 0. The van der Waals surface area contributed by atoms with E-state index < -0.39 is 5.91 Å². The Kier molecular flexibility index (Phi) is 7.11. The number of benzene rings is 1. The molecule has 1 fully saturated rings. The van der Waals surface area contributed by atoms with E-state index in [1.165, 1.54) is 17.4 Å². The molecule has 1 aliphatic heterocycles. The van der Waals surface area contributed by atoms with Crippen LogP contribution in [-0.4, -0.2) is 41.6 Å². The van der Waals surface area contributed by atoms with E-state index in [0.29, 0.717) is 36.4 Å². The third-order valence-electron chi connectivity index (χ3n) is 4.68. The van der Waals surface area contributed by atoms with Gasteiger partial charge in [-0.1, -0.05) is 11.6 Å². The van der Waals surface area contributed by atoms with Crippen LogP contribution in [0.3, 0.4) is 0 Å². The molecular weight excluding hydrogens is 402 g/mol. The molecule has 2 N–H and O–H groups in total. The number of nitrogens with zero attached hydrogens (tertiary/aromatic N) is 2. The van der Waals surface area contributed by atoms with Crippen molar-refractivity contribution in [1.82, 2.24) is 9.88 Å². The van der Waals surface area contributed by atoms with Gasteiger partial charge in [0.05, 0.1) is 22.6 Å². The topological polar surface area (TPSA) is 94.8 Å². The number of rotatable bonds is 7. The van der Waals surface area contributed by atoms with Crippen LogP contribution in [0, 0.1) is 5.92 Å². The van der Waals surface area contributed by atoms with Crippen LogP contribution in [0.1, 0.15) is 34.5 Å². The van der Waals surface area contributed by atoms with Gasteiger partial charge in [-0.3, -0.25) is 9.78 Å². The van der Waals surface area contributed by atoms with Crippen molar-refractivity contribution in [1.29, 1.82) is 0 Å². The molecular formula is C19H22ClN3O4S. The number of hydrogen-bond donors (Lipinski definition) is 1. The zero-order valence-electron chi connectivity index (χ0n) is 15.3. The summed E-state index contributed by atoms with van der Waals surface area (Å²) in [4.78, 5) is 30.3. The van der Waals surface area contributed by atoms with Gasteiger partial charge in [0.1, 0.15) is 12.4 Å². The standard InChI is InChI=1S/C19H22ClN3O4S/c20-14-1-2-17(16(9-14)18(21)24)26-8-5-13-3-6-23(7-4-13)19(25)27-11-15-10-22-12-28-15/h1-2,9-10,12-13H,3-8,11H2,(H2,21,24). The van der Waals surface area contributed by atoms with Crippen LogP contribution in [0.4, 0.5) is 4.79 Å². The summed E-state index contributed by atoms with van der Waals surface area (Å²) in [6.07, 6.45) is 4.04. The van der Waals surface area contributed by atoms with Gasteiger partial charge in [-0.2, -0.15) is 0 Å². The number of nitrogens with two attached hydrogens (primary N) is 1. The first kappa shape index (κ1) is 20.4. The van der Waals surface area contributed by atoms with Crippen LogP contribution >= 0.6 is 22.9 Å². The Balaban J connectivity index is 1.39. The lowest BCUT2D eigenvalue weighted by Gasteiger charge is -2.31. The first-order valence-electron chi connectivity index (χ1n) is 9.04. The number of carbonyl (C=O) groups is 2. The molecule has 3 rings (SSSR count). The first-order valence-corrected chi connectivity index (χ1v) is 10.3. The van der Waals surface area contributed by atoms with Crippen molar-refractivity contribution in [2.75, 3.05) is 19.7 Å². The van der Waals surface area contributed by atoms with E-state index in [9.17, 15) is 9.59 Å². The van der Waals surface area contributed by atoms with Gasteiger partial charge < -0.3 is 20.1 Å². The number of amides is 2. The molecule has 1 aromatic carbocycles. The number of ether oxygens (including phenoxy) is 2. The smallest absolute Gasteiger partial charge is 0.410 e. The highest BCUT2D eigenvalue weighted by Gasteiger charge is 2.24. The Labute approximate surface area is 172 Å². The second-order valence-electron chi connectivity index (χ2n) is 6.59. The van der Waals surface area contributed by atoms with Gasteiger partial charge in [0.25, 0.3) is 5.91 Å². The maximum Gasteiger partial charge on any atom is 0.410 e. The average molecular weight is 424 g/mol. The lowest BCUT2D eigenvalue weighted by Crippen LogP contribution is -2.39. The molecule has 0 radical (unpaired) electrons. The van der Waals surface area contributed by atoms with Crippen LogP contribution in [0.25, 0.3) is 0 Å². The first-order chi connectivity index (χ1) is 13.5. The fourth-order valence-electron chi connectivity index (χ4n) is 3.10. The number of halogens is 1. The van der Waals surface area contributed by atoms with Crippen LogP contribution < -0.4 is 10.5 Å². The third kappa shape index (κ3) is 5.59. The fourth-order valence-corrected chi connectivity index (χ4v) is 3.78. The van der Waals surface area contributed by atoms with Crippen LogP contribution in [0.2, 0.25) is 5.02 Å². The lowest BCUT2D eigenvalue weighted by atomic mass is 9.94. The molecule has 2 amide bonds. The van der Waals surface area contributed by atoms with Gasteiger partial charge in [-0.25, -0.2) is 4.79 Å². The molecule has 1 saturated heterocycles. The van der Waals surface area contributed by atoms with Gasteiger partial charge in [0.15, 0.2) is 0 Å². The van der Waals surface area contributed by atoms with Crippen molar-refractivity contribution < 1.29 is 19.1 Å². The molecule has 28 heavy (non-hydrogen) atoms. The van der Waals surface area contributed by atoms with E-state index in [4.69, 9.17) is 26.8 Å². The van der Waals surface area contributed by atoms with Gasteiger partial charge >= 0.3 is 6.09 Å². The Morgan fingerprint density at radius 2 is 2.11 bits per heavy atom. The maximum atomic E-state index is 12.1. The molecule has 0 atom stereocenters. The molecule has 0 aliphatic carbocycles. The van der Waals surface area contributed by atoms with Crippen LogP contribution in [-0.2, 0) is 11.3 Å². The molecule has 9 heteroatoms. The summed E-state index contributed by atoms with van der Waals surface area (Å²) in [5, 5.41) is 0.441. The SMILES string of the molecule is NC(=O)c1cc(Cl)ccc1OCCC1CCN(C(=O)OCc2cncs2)CC1. The molecule has 2 aromatic rings. The molecule has 0 saturated carbocycles. The molecule has 0 spiro atoms. The minimum atomic E-state index is -0.567. The molecule has 150 valence electrons. The molecule has 1 aromatic heterocycles. The normalized spacial score (nSPS) is 14.7. The molecule has 7 nitrogen and oxygen atoms in total. The Hall–Kier alpha value is -2.32. The number of hydrogen-bond acceptors (Lipinski definition) is 6. The summed E-state index contributed by atoms with van der Waals surface area (Å²) in [6.45, 7) is 2.07. The highest BCUT2D eigenvalue weighted by Crippen LogP contribution is 2.25. The van der Waals surface area contributed by atoms with Crippen molar-refractivity contribution in [2.45, 2.75) is 25.9 Å². The zero-order chi connectivity index (χ0) is 19.9. The minimum Gasteiger partial charge on any atom is -0.493 e. The van der Waals surface area contributed by atoms with Crippen molar-refractivity contribution in [2.24, 2.45) is 11.7 Å². The van der Waals surface area contributed by atoms with Gasteiger partial charge in [-0.05, 0) is 43.4 Å². The van der Waals surface area contributed by atoms with E-state index in [-0.39, 0.29) is 18.3 Å². The summed E-state index contributed by atoms with van der Waals surface area (Å²) >= 11 is 7.36. The van der Waals surface area contributed by atoms with E-state index in [2.05, 4.69) is 4.98 Å². The fraction of sp³-hybridized carbons (Fsp3) is 0.421. The number of aromatic nitrogens is 1. The average Bonchev–Trinajstić information content (AvgIpc) is 3.21. The van der Waals surface area contributed by atoms with Gasteiger partial charge in [0.2, 0.25) is 0 Å². The monoisotopic (exact) mass is 423 g/mol. The Bertz CT molecular complexity index is 808. The van der Waals surface area contributed by atoms with E-state index in [0.717, 1.165) is 24.1 Å². The largest absolute Gasteiger partial charge is 0.493 e. The predicted molar refractivity (Wildman–Crippen MR) is 107 cm³/mol. The van der Waals surface area contributed by atoms with E-state index in [1.54, 1.807) is 28.7 Å². The number of piperidine rings is 1. The van der Waals surface area contributed by atoms with Gasteiger partial charge in [-0.15, -0.1) is 11.3 Å². The Morgan fingerprint density at radius 3 is 2.79 bits per heavy atom. The van der Waals surface area contributed by atoms with Crippen molar-refractivity contribution in [3.63, 3.8) is 0 Å². The number of carbonyl (C=O) groups excluding carboxylic acids is 2. The number of thiazole rings is 1. The summed E-state index contributed by atoms with van der Waals surface area (Å²) in [5.41, 5.74) is 7.37.